The minimum atomic E-state index is 0.193. The Morgan fingerprint density at radius 3 is 2.95 bits per heavy atom. The first kappa shape index (κ1) is 14.6. The van der Waals surface area contributed by atoms with Crippen molar-refractivity contribution in [3.8, 4) is 0 Å². The standard InChI is InChI=1S/C15H23ClN2O/c1-3-12(17)9-11-5-4-6-14(16)15(11)18-8-7-13(10-18)19-2/h4-6,12-13H,3,7-10,17H2,1-2H3. The number of nitrogens with zero attached hydrogens (tertiary/aromatic N) is 1. The van der Waals surface area contributed by atoms with Crippen LogP contribution >= 0.6 is 11.6 Å². The Hall–Kier alpha value is -0.770. The smallest absolute Gasteiger partial charge is 0.0762 e. The molecule has 0 saturated carbocycles. The molecule has 2 N–H and O–H groups in total. The lowest BCUT2D eigenvalue weighted by molar-refractivity contribution is 0.121. The number of benzene rings is 1. The molecule has 19 heavy (non-hydrogen) atoms. The minimum absolute atomic E-state index is 0.193. The van der Waals surface area contributed by atoms with Crippen LogP contribution in [0.1, 0.15) is 25.3 Å². The number of ether oxygens (including phenoxy) is 1. The maximum Gasteiger partial charge on any atom is 0.0762 e. The summed E-state index contributed by atoms with van der Waals surface area (Å²) in [5.41, 5.74) is 8.48. The van der Waals surface area contributed by atoms with Gasteiger partial charge in [0, 0.05) is 26.2 Å². The van der Waals surface area contributed by atoms with Gasteiger partial charge in [-0.1, -0.05) is 30.7 Å². The average molecular weight is 283 g/mol. The van der Waals surface area contributed by atoms with Crippen LogP contribution in [0.15, 0.2) is 18.2 Å². The molecular weight excluding hydrogens is 260 g/mol. The molecule has 106 valence electrons. The van der Waals surface area contributed by atoms with Crippen LogP contribution in [0.3, 0.4) is 0 Å². The summed E-state index contributed by atoms with van der Waals surface area (Å²) in [4.78, 5) is 2.33. The van der Waals surface area contributed by atoms with Gasteiger partial charge >= 0.3 is 0 Å². The molecule has 1 aliphatic rings. The lowest BCUT2D eigenvalue weighted by Crippen LogP contribution is -2.26. The zero-order valence-corrected chi connectivity index (χ0v) is 12.5. The summed E-state index contributed by atoms with van der Waals surface area (Å²) in [5, 5.41) is 0.817. The van der Waals surface area contributed by atoms with E-state index in [9.17, 15) is 0 Å². The molecule has 1 aromatic carbocycles. The van der Waals surface area contributed by atoms with Gasteiger partial charge in [0.05, 0.1) is 16.8 Å². The fourth-order valence-corrected chi connectivity index (χ4v) is 2.94. The van der Waals surface area contributed by atoms with Gasteiger partial charge in [-0.05, 0) is 30.9 Å². The monoisotopic (exact) mass is 282 g/mol. The molecule has 0 spiro atoms. The van der Waals surface area contributed by atoms with Gasteiger partial charge in [-0.15, -0.1) is 0 Å². The van der Waals surface area contributed by atoms with Crippen molar-refractivity contribution in [2.45, 2.75) is 38.3 Å². The molecule has 1 heterocycles. The fraction of sp³-hybridized carbons (Fsp3) is 0.600. The SMILES string of the molecule is CCC(N)Cc1cccc(Cl)c1N1CCC(OC)C1. The van der Waals surface area contributed by atoms with Crippen molar-refractivity contribution < 1.29 is 4.74 Å². The number of nitrogens with two attached hydrogens (primary N) is 1. The van der Waals surface area contributed by atoms with E-state index in [0.29, 0.717) is 6.10 Å². The maximum atomic E-state index is 6.40. The predicted molar refractivity (Wildman–Crippen MR) is 81.0 cm³/mol. The molecule has 4 heteroatoms. The lowest BCUT2D eigenvalue weighted by Gasteiger charge is -2.24. The van der Waals surface area contributed by atoms with Gasteiger partial charge in [0.15, 0.2) is 0 Å². The Morgan fingerprint density at radius 2 is 2.32 bits per heavy atom. The van der Waals surface area contributed by atoms with Crippen molar-refractivity contribution in [1.29, 1.82) is 0 Å². The summed E-state index contributed by atoms with van der Waals surface area (Å²) >= 11 is 6.40. The Balaban J connectivity index is 2.23. The highest BCUT2D eigenvalue weighted by Gasteiger charge is 2.25. The summed E-state index contributed by atoms with van der Waals surface area (Å²) in [6.45, 7) is 4.02. The zero-order chi connectivity index (χ0) is 13.8. The summed E-state index contributed by atoms with van der Waals surface area (Å²) < 4.78 is 5.44. The summed E-state index contributed by atoms with van der Waals surface area (Å²) in [6, 6.07) is 6.29. The van der Waals surface area contributed by atoms with E-state index in [4.69, 9.17) is 22.1 Å². The van der Waals surface area contributed by atoms with Gasteiger partial charge < -0.3 is 15.4 Å². The Bertz CT molecular complexity index is 425. The number of halogens is 1. The molecule has 0 radical (unpaired) electrons. The molecule has 2 atom stereocenters. The lowest BCUT2D eigenvalue weighted by atomic mass is 10.0. The summed E-state index contributed by atoms with van der Waals surface area (Å²) in [6.07, 6.45) is 3.22. The average Bonchev–Trinajstić information content (AvgIpc) is 2.87. The Morgan fingerprint density at radius 1 is 1.53 bits per heavy atom. The minimum Gasteiger partial charge on any atom is -0.380 e. The first-order valence-electron chi connectivity index (χ1n) is 6.96. The van der Waals surface area contributed by atoms with Crippen molar-refractivity contribution in [3.05, 3.63) is 28.8 Å². The summed E-state index contributed by atoms with van der Waals surface area (Å²) in [5.74, 6) is 0. The van der Waals surface area contributed by atoms with Crippen molar-refractivity contribution in [1.82, 2.24) is 0 Å². The van der Waals surface area contributed by atoms with Gasteiger partial charge in [-0.2, -0.15) is 0 Å². The quantitative estimate of drug-likeness (QED) is 0.902. The van der Waals surface area contributed by atoms with Crippen LogP contribution in [0, 0.1) is 0 Å². The van der Waals surface area contributed by atoms with Gasteiger partial charge in [0.25, 0.3) is 0 Å². The Kier molecular flexibility index (Phi) is 5.08. The number of anilines is 1. The van der Waals surface area contributed by atoms with Crippen LogP contribution in [0.25, 0.3) is 0 Å². The highest BCUT2D eigenvalue weighted by molar-refractivity contribution is 6.33. The highest BCUT2D eigenvalue weighted by atomic mass is 35.5. The van der Waals surface area contributed by atoms with E-state index >= 15 is 0 Å². The maximum absolute atomic E-state index is 6.40. The third kappa shape index (κ3) is 3.41. The first-order valence-corrected chi connectivity index (χ1v) is 7.34. The van der Waals surface area contributed by atoms with Gasteiger partial charge in [-0.3, -0.25) is 0 Å². The van der Waals surface area contributed by atoms with Gasteiger partial charge in [0.1, 0.15) is 0 Å². The predicted octanol–water partition coefficient (Wildman–Crippen LogP) is 2.84. The van der Waals surface area contributed by atoms with Gasteiger partial charge in [-0.25, -0.2) is 0 Å². The second-order valence-corrected chi connectivity index (χ2v) is 5.62. The zero-order valence-electron chi connectivity index (χ0n) is 11.7. The molecular formula is C15H23ClN2O. The van der Waals surface area contributed by atoms with Crippen LogP contribution in [0.5, 0.6) is 0 Å². The molecule has 0 bridgehead atoms. The van der Waals surface area contributed by atoms with Crippen LogP contribution < -0.4 is 10.6 Å². The topological polar surface area (TPSA) is 38.5 Å². The van der Waals surface area contributed by atoms with Crippen molar-refractivity contribution >= 4 is 17.3 Å². The van der Waals surface area contributed by atoms with Crippen molar-refractivity contribution in [3.63, 3.8) is 0 Å². The van der Waals surface area contributed by atoms with Gasteiger partial charge in [0.2, 0.25) is 0 Å². The summed E-state index contributed by atoms with van der Waals surface area (Å²) in [7, 11) is 1.77. The largest absolute Gasteiger partial charge is 0.380 e. The van der Waals surface area contributed by atoms with E-state index < -0.39 is 0 Å². The van der Waals surface area contributed by atoms with Crippen molar-refractivity contribution in [2.24, 2.45) is 5.73 Å². The van der Waals surface area contributed by atoms with E-state index in [1.807, 2.05) is 12.1 Å². The molecule has 0 aliphatic carbocycles. The van der Waals surface area contributed by atoms with E-state index in [0.717, 1.165) is 43.1 Å². The third-order valence-corrected chi connectivity index (χ3v) is 4.18. The second kappa shape index (κ2) is 6.60. The normalized spacial score (nSPS) is 20.8. The molecule has 0 amide bonds. The number of hydrogen-bond acceptors (Lipinski definition) is 3. The van der Waals surface area contributed by atoms with E-state index in [1.165, 1.54) is 5.56 Å². The fourth-order valence-electron chi connectivity index (χ4n) is 2.63. The van der Waals surface area contributed by atoms with E-state index in [1.54, 1.807) is 7.11 Å². The molecule has 1 saturated heterocycles. The molecule has 0 aromatic heterocycles. The number of rotatable bonds is 5. The molecule has 1 fully saturated rings. The van der Waals surface area contributed by atoms with Crippen LogP contribution in [-0.4, -0.2) is 32.3 Å². The molecule has 1 aliphatic heterocycles. The molecule has 2 unspecified atom stereocenters. The van der Waals surface area contributed by atoms with E-state index in [-0.39, 0.29) is 6.04 Å². The second-order valence-electron chi connectivity index (χ2n) is 5.21. The molecule has 1 aromatic rings. The van der Waals surface area contributed by atoms with Crippen molar-refractivity contribution in [2.75, 3.05) is 25.1 Å². The van der Waals surface area contributed by atoms with Crippen LogP contribution in [-0.2, 0) is 11.2 Å². The first-order chi connectivity index (χ1) is 9.15. The number of hydrogen-bond donors (Lipinski definition) is 1. The van der Waals surface area contributed by atoms with Crippen LogP contribution in [0.4, 0.5) is 5.69 Å². The molecule has 3 nitrogen and oxygen atoms in total. The highest BCUT2D eigenvalue weighted by Crippen LogP contribution is 2.33. The Labute approximate surface area is 120 Å². The molecule has 2 rings (SSSR count). The van der Waals surface area contributed by atoms with E-state index in [2.05, 4.69) is 17.9 Å². The third-order valence-electron chi connectivity index (χ3n) is 3.87. The van der Waals surface area contributed by atoms with Crippen LogP contribution in [0.2, 0.25) is 5.02 Å². The number of methoxy groups -OCH3 is 1. The number of para-hydroxylation sites is 1.